The summed E-state index contributed by atoms with van der Waals surface area (Å²) in [6.45, 7) is 17.7. The van der Waals surface area contributed by atoms with Crippen LogP contribution in [0.4, 0.5) is 4.39 Å². The number of hydrogen-bond donors (Lipinski definition) is 1. The summed E-state index contributed by atoms with van der Waals surface area (Å²) in [5.41, 5.74) is 9.14. The normalized spacial score (nSPS) is 11.6. The Morgan fingerprint density at radius 1 is 0.913 bits per heavy atom. The highest BCUT2D eigenvalue weighted by atomic mass is 31.0. The Morgan fingerprint density at radius 2 is 1.57 bits per heavy atom. The van der Waals surface area contributed by atoms with Gasteiger partial charge in [0, 0.05) is 11.5 Å². The lowest BCUT2D eigenvalue weighted by atomic mass is 9.88. The van der Waals surface area contributed by atoms with E-state index < -0.39 is 0 Å². The molecule has 4 rings (SSSR count). The van der Waals surface area contributed by atoms with Gasteiger partial charge in [0.2, 0.25) is 0 Å². The molecular formula is C42H53FNOP. The molecule has 1 atom stereocenters. The second-order valence-corrected chi connectivity index (χ2v) is 13.8. The van der Waals surface area contributed by atoms with Crippen LogP contribution < -0.4 is 5.32 Å². The Kier molecular flexibility index (Phi) is 16.0. The first kappa shape index (κ1) is 38.5. The summed E-state index contributed by atoms with van der Waals surface area (Å²) >= 11 is 0. The molecule has 0 aromatic heterocycles. The molecular weight excluding hydrogens is 584 g/mol. The van der Waals surface area contributed by atoms with E-state index in [0.29, 0.717) is 5.92 Å². The second-order valence-electron chi connectivity index (χ2n) is 13.0. The van der Waals surface area contributed by atoms with Crippen molar-refractivity contribution < 1.29 is 9.18 Å². The Morgan fingerprint density at radius 3 is 2.04 bits per heavy atom. The summed E-state index contributed by atoms with van der Waals surface area (Å²) in [5, 5.41) is 4.22. The second kappa shape index (κ2) is 19.1. The van der Waals surface area contributed by atoms with Crippen molar-refractivity contribution in [1.29, 1.82) is 0 Å². The van der Waals surface area contributed by atoms with Crippen LogP contribution in [0.15, 0.2) is 97.1 Å². The van der Waals surface area contributed by atoms with Gasteiger partial charge in [-0.1, -0.05) is 124 Å². The van der Waals surface area contributed by atoms with Gasteiger partial charge >= 0.3 is 0 Å². The number of rotatable bonds is 9. The van der Waals surface area contributed by atoms with E-state index in [1.165, 1.54) is 45.6 Å². The molecule has 0 saturated carbocycles. The number of aryl methyl sites for hydroxylation is 2. The summed E-state index contributed by atoms with van der Waals surface area (Å²) < 4.78 is 13.1. The average Bonchev–Trinajstić information content (AvgIpc) is 3.00. The minimum absolute atomic E-state index is 0.106. The Balaban J connectivity index is 0.000000308. The minimum atomic E-state index is -0.188. The number of carbonyl (C=O) groups excluding carboxylic acids is 1. The highest BCUT2D eigenvalue weighted by molar-refractivity contribution is 7.21. The first-order chi connectivity index (χ1) is 21.7. The third-order valence-electron chi connectivity index (χ3n) is 7.46. The van der Waals surface area contributed by atoms with E-state index in [0.717, 1.165) is 29.7 Å². The number of hydrogen-bond acceptors (Lipinski definition) is 2. The van der Waals surface area contributed by atoms with E-state index in [4.69, 9.17) is 0 Å². The molecule has 0 radical (unpaired) electrons. The molecule has 4 aromatic rings. The van der Waals surface area contributed by atoms with Crippen molar-refractivity contribution in [2.24, 2.45) is 5.41 Å². The SMILES string of the molecule is CC(=O)c1ccc(CC(C(C)=P)c2ccc(/C=C/C(C)(C)C)cc2)cc1.CCCNC.Cc1ccc(-c2cccc(F)c2)c(C)c1. The number of nitrogens with one attached hydrogen (secondary N) is 1. The lowest BCUT2D eigenvalue weighted by Crippen LogP contribution is -2.10. The van der Waals surface area contributed by atoms with Crippen LogP contribution in [-0.4, -0.2) is 24.7 Å². The summed E-state index contributed by atoms with van der Waals surface area (Å²) in [6.07, 6.45) is 6.56. The van der Waals surface area contributed by atoms with Crippen LogP contribution in [0, 0.1) is 25.1 Å². The maximum atomic E-state index is 13.1. The largest absolute Gasteiger partial charge is 0.320 e. The molecule has 1 N–H and O–H groups in total. The highest BCUT2D eigenvalue weighted by Crippen LogP contribution is 2.26. The number of Topliss-reactive ketones (excluding diaryl/α,β-unsaturated/α-hetero) is 1. The molecule has 0 bridgehead atoms. The zero-order valence-electron chi connectivity index (χ0n) is 29.3. The summed E-state index contributed by atoms with van der Waals surface area (Å²) in [4.78, 5) is 11.4. The monoisotopic (exact) mass is 637 g/mol. The molecule has 46 heavy (non-hydrogen) atoms. The number of benzene rings is 4. The molecule has 0 amide bonds. The van der Waals surface area contributed by atoms with Crippen LogP contribution in [0.1, 0.15) is 92.1 Å². The Labute approximate surface area is 280 Å². The molecule has 0 aliphatic heterocycles. The molecule has 244 valence electrons. The number of halogens is 1. The van der Waals surface area contributed by atoms with Crippen molar-refractivity contribution in [3.8, 4) is 11.1 Å². The molecule has 1 unspecified atom stereocenters. The first-order valence-corrected chi connectivity index (χ1v) is 16.7. The zero-order valence-corrected chi connectivity index (χ0v) is 30.3. The number of carbonyl (C=O) groups is 1. The van der Waals surface area contributed by atoms with Crippen molar-refractivity contribution in [2.75, 3.05) is 13.6 Å². The minimum Gasteiger partial charge on any atom is -0.320 e. The standard InChI is InChI=1S/C24H29OP.C14H13F.C4H11N/c1-17(25)21-10-8-20(9-11-21)16-23(18(2)26)22-12-6-19(7-13-22)14-15-24(3,4)5;1-10-6-7-14(11(2)8-10)12-4-3-5-13(15)9-12;1-3-4-5-2/h6-15,23,26H,16H2,1-5H3;3-9H,1-2H3;5H,3-4H2,1-2H3/b15-14+;;. The molecule has 0 spiro atoms. The third-order valence-corrected chi connectivity index (χ3v) is 7.80. The van der Waals surface area contributed by atoms with Crippen LogP contribution in [0.5, 0.6) is 0 Å². The zero-order chi connectivity index (χ0) is 34.3. The van der Waals surface area contributed by atoms with Gasteiger partial charge in [-0.05, 0) is 110 Å². The van der Waals surface area contributed by atoms with E-state index in [1.807, 2.05) is 44.3 Å². The summed E-state index contributed by atoms with van der Waals surface area (Å²) in [5.74, 6) is 0.220. The van der Waals surface area contributed by atoms with Crippen molar-refractivity contribution in [3.05, 3.63) is 136 Å². The molecule has 0 saturated heterocycles. The number of allylic oxidation sites excluding steroid dienone is 1. The summed E-state index contributed by atoms with van der Waals surface area (Å²) in [6, 6.07) is 29.6. The molecule has 4 heteroatoms. The van der Waals surface area contributed by atoms with Crippen LogP contribution in [-0.2, 0) is 6.42 Å². The van der Waals surface area contributed by atoms with Crippen LogP contribution in [0.3, 0.4) is 0 Å². The summed E-state index contributed by atoms with van der Waals surface area (Å²) in [7, 11) is 5.71. The van der Waals surface area contributed by atoms with Gasteiger partial charge in [-0.15, -0.1) is 8.86 Å². The average molecular weight is 638 g/mol. The van der Waals surface area contributed by atoms with E-state index >= 15 is 0 Å². The molecule has 0 heterocycles. The molecule has 2 nitrogen and oxygen atoms in total. The van der Waals surface area contributed by atoms with Gasteiger partial charge in [0.05, 0.1) is 0 Å². The maximum Gasteiger partial charge on any atom is 0.159 e. The van der Waals surface area contributed by atoms with E-state index in [9.17, 15) is 9.18 Å². The van der Waals surface area contributed by atoms with Gasteiger partial charge in [-0.2, -0.15) is 0 Å². The molecule has 0 aliphatic rings. The van der Waals surface area contributed by atoms with Crippen molar-refractivity contribution in [3.63, 3.8) is 0 Å². The van der Waals surface area contributed by atoms with Gasteiger partial charge in [0.1, 0.15) is 5.82 Å². The Hall–Kier alpha value is -3.65. The molecule has 0 fully saturated rings. The number of ketones is 1. The fourth-order valence-electron chi connectivity index (χ4n) is 4.86. The fourth-order valence-corrected chi connectivity index (χ4v) is 5.13. The van der Waals surface area contributed by atoms with Gasteiger partial charge < -0.3 is 5.32 Å². The highest BCUT2D eigenvalue weighted by Gasteiger charge is 2.14. The predicted octanol–water partition coefficient (Wildman–Crippen LogP) is 11.3. The fraction of sp³-hybridized carbons (Fsp3) is 0.333. The lowest BCUT2D eigenvalue weighted by Gasteiger charge is -2.18. The van der Waals surface area contributed by atoms with Crippen molar-refractivity contribution >= 4 is 26.0 Å². The maximum absolute atomic E-state index is 13.1. The molecule has 4 aromatic carbocycles. The topological polar surface area (TPSA) is 29.1 Å². The van der Waals surface area contributed by atoms with Gasteiger partial charge in [0.15, 0.2) is 5.78 Å². The van der Waals surface area contributed by atoms with Gasteiger partial charge in [0.25, 0.3) is 0 Å². The van der Waals surface area contributed by atoms with E-state index in [-0.39, 0.29) is 17.0 Å². The van der Waals surface area contributed by atoms with Gasteiger partial charge in [-0.25, -0.2) is 4.39 Å². The third kappa shape index (κ3) is 13.8. The van der Waals surface area contributed by atoms with Crippen molar-refractivity contribution in [1.82, 2.24) is 5.32 Å². The Bertz CT molecular complexity index is 1560. The first-order valence-electron chi connectivity index (χ1n) is 16.2. The van der Waals surface area contributed by atoms with Crippen LogP contribution in [0.25, 0.3) is 17.2 Å². The van der Waals surface area contributed by atoms with Crippen molar-refractivity contribution in [2.45, 2.75) is 74.1 Å². The lowest BCUT2D eigenvalue weighted by molar-refractivity contribution is 0.101. The predicted molar refractivity (Wildman–Crippen MR) is 202 cm³/mol. The van der Waals surface area contributed by atoms with E-state index in [2.05, 4.69) is 110 Å². The van der Waals surface area contributed by atoms with E-state index in [1.54, 1.807) is 19.1 Å². The van der Waals surface area contributed by atoms with Crippen LogP contribution >= 0.6 is 8.86 Å². The van der Waals surface area contributed by atoms with Gasteiger partial charge in [-0.3, -0.25) is 4.79 Å². The van der Waals surface area contributed by atoms with Crippen LogP contribution in [0.2, 0.25) is 0 Å². The smallest absolute Gasteiger partial charge is 0.159 e. The molecule has 0 aliphatic carbocycles. The quantitative estimate of drug-likeness (QED) is 0.146.